The van der Waals surface area contributed by atoms with E-state index in [1.54, 1.807) is 12.1 Å². The Morgan fingerprint density at radius 2 is 2.00 bits per heavy atom. The van der Waals surface area contributed by atoms with Gasteiger partial charge in [0.1, 0.15) is 12.6 Å². The molecule has 0 unspecified atom stereocenters. The van der Waals surface area contributed by atoms with Crippen LogP contribution in [0, 0.1) is 6.92 Å². The Hall–Kier alpha value is -1.82. The third-order valence-electron chi connectivity index (χ3n) is 2.71. The normalized spacial score (nSPS) is 19.7. The number of ether oxygens (including phenoxy) is 1. The number of aryl methyl sites for hydroxylation is 1. The van der Waals surface area contributed by atoms with Gasteiger partial charge in [-0.05, 0) is 19.1 Å². The molecule has 0 aromatic heterocycles. The molecule has 0 bridgehead atoms. The van der Waals surface area contributed by atoms with Crippen molar-refractivity contribution in [3.63, 3.8) is 0 Å². The van der Waals surface area contributed by atoms with Crippen molar-refractivity contribution < 1.29 is 17.9 Å². The highest BCUT2D eigenvalue weighted by atomic mass is 32.2. The van der Waals surface area contributed by atoms with Gasteiger partial charge in [0.15, 0.2) is 0 Å². The molecule has 6 heteroatoms. The molecule has 5 nitrogen and oxygen atoms in total. The second-order valence-corrected chi connectivity index (χ2v) is 5.81. The number of carbonyl (C=O) groups is 1. The number of sulfonamides is 1. The molecule has 2 rings (SSSR count). The van der Waals surface area contributed by atoms with Crippen LogP contribution in [0.5, 0.6) is 0 Å². The molecule has 1 aliphatic rings. The lowest BCUT2D eigenvalue weighted by atomic mass is 10.2. The largest absolute Gasteiger partial charge is 0.446 e. The van der Waals surface area contributed by atoms with Gasteiger partial charge in [0.2, 0.25) is 0 Å². The minimum atomic E-state index is -3.88. The Labute approximate surface area is 106 Å². The summed E-state index contributed by atoms with van der Waals surface area (Å²) >= 11 is 0. The summed E-state index contributed by atoms with van der Waals surface area (Å²) in [4.78, 5) is 11.6. The van der Waals surface area contributed by atoms with Crippen LogP contribution in [0.25, 0.3) is 0 Å². The number of hydrogen-bond acceptors (Lipinski definition) is 4. The van der Waals surface area contributed by atoms with Crippen LogP contribution < -0.4 is 0 Å². The Balaban J connectivity index is 2.44. The van der Waals surface area contributed by atoms with Crippen LogP contribution in [0.1, 0.15) is 5.56 Å². The van der Waals surface area contributed by atoms with Crippen LogP contribution >= 0.6 is 0 Å². The van der Waals surface area contributed by atoms with Gasteiger partial charge in [0.25, 0.3) is 10.0 Å². The Kier molecular flexibility index (Phi) is 3.13. The van der Waals surface area contributed by atoms with Crippen LogP contribution in [0.15, 0.2) is 41.8 Å². The molecule has 18 heavy (non-hydrogen) atoms. The van der Waals surface area contributed by atoms with Crippen LogP contribution in [-0.2, 0) is 14.8 Å². The number of carbonyl (C=O) groups excluding carboxylic acids is 1. The molecule has 1 heterocycles. The van der Waals surface area contributed by atoms with Crippen molar-refractivity contribution in [2.45, 2.75) is 17.9 Å². The topological polar surface area (TPSA) is 63.7 Å². The van der Waals surface area contributed by atoms with Crippen molar-refractivity contribution in [2.24, 2.45) is 0 Å². The maximum absolute atomic E-state index is 12.3. The zero-order valence-corrected chi connectivity index (χ0v) is 10.7. The minimum Gasteiger partial charge on any atom is -0.446 e. The summed E-state index contributed by atoms with van der Waals surface area (Å²) in [5.41, 5.74) is 0.943. The lowest BCUT2D eigenvalue weighted by Gasteiger charge is -2.18. The maximum atomic E-state index is 12.3. The van der Waals surface area contributed by atoms with E-state index in [9.17, 15) is 13.2 Å². The maximum Gasteiger partial charge on any atom is 0.424 e. The molecule has 1 saturated heterocycles. The average molecular weight is 267 g/mol. The van der Waals surface area contributed by atoms with E-state index in [0.717, 1.165) is 9.87 Å². The number of benzene rings is 1. The molecule has 1 amide bonds. The first kappa shape index (κ1) is 12.6. The van der Waals surface area contributed by atoms with E-state index >= 15 is 0 Å². The zero-order valence-electron chi connectivity index (χ0n) is 9.87. The summed E-state index contributed by atoms with van der Waals surface area (Å²) in [5.74, 6) is 0. The first-order chi connectivity index (χ1) is 8.46. The van der Waals surface area contributed by atoms with E-state index in [-0.39, 0.29) is 11.5 Å². The van der Waals surface area contributed by atoms with Crippen LogP contribution in [-0.4, -0.2) is 31.5 Å². The second-order valence-electron chi connectivity index (χ2n) is 3.99. The van der Waals surface area contributed by atoms with Crippen molar-refractivity contribution in [1.82, 2.24) is 4.31 Å². The molecular weight excluding hydrogens is 254 g/mol. The second kappa shape index (κ2) is 4.45. The van der Waals surface area contributed by atoms with Gasteiger partial charge in [-0.2, -0.15) is 4.31 Å². The third-order valence-corrected chi connectivity index (χ3v) is 4.51. The summed E-state index contributed by atoms with van der Waals surface area (Å²) in [5, 5.41) is 0. The third kappa shape index (κ3) is 1.99. The van der Waals surface area contributed by atoms with Gasteiger partial charge in [-0.3, -0.25) is 0 Å². The standard InChI is InChI=1S/C12H13NO4S/c1-3-10-8-17-12(14)13(10)18(15,16)11-6-4-9(2)5-7-11/h3-7,10H,1,8H2,2H3/t10-/m1/s1. The van der Waals surface area contributed by atoms with E-state index in [1.807, 2.05) is 6.92 Å². The van der Waals surface area contributed by atoms with Gasteiger partial charge in [-0.1, -0.05) is 23.8 Å². The van der Waals surface area contributed by atoms with Crippen molar-refractivity contribution in [1.29, 1.82) is 0 Å². The fourth-order valence-corrected chi connectivity index (χ4v) is 3.15. The van der Waals surface area contributed by atoms with E-state index < -0.39 is 22.2 Å². The first-order valence-electron chi connectivity index (χ1n) is 5.37. The lowest BCUT2D eigenvalue weighted by molar-refractivity contribution is 0.170. The molecule has 1 aliphatic heterocycles. The highest BCUT2D eigenvalue weighted by Crippen LogP contribution is 2.24. The fourth-order valence-electron chi connectivity index (χ4n) is 1.69. The van der Waals surface area contributed by atoms with E-state index in [2.05, 4.69) is 6.58 Å². The van der Waals surface area contributed by atoms with Crippen molar-refractivity contribution in [3.8, 4) is 0 Å². The van der Waals surface area contributed by atoms with Crippen LogP contribution in [0.3, 0.4) is 0 Å². The first-order valence-corrected chi connectivity index (χ1v) is 6.81. The van der Waals surface area contributed by atoms with E-state index in [0.29, 0.717) is 0 Å². The van der Waals surface area contributed by atoms with Crippen molar-refractivity contribution in [2.75, 3.05) is 6.61 Å². The zero-order chi connectivity index (χ0) is 13.3. The SMILES string of the molecule is C=C[C@@H]1COC(=O)N1S(=O)(=O)c1ccc(C)cc1. The highest BCUT2D eigenvalue weighted by Gasteiger charge is 2.41. The van der Waals surface area contributed by atoms with Gasteiger partial charge in [0, 0.05) is 0 Å². The minimum absolute atomic E-state index is 0.00737. The molecule has 96 valence electrons. The molecule has 1 atom stereocenters. The van der Waals surface area contributed by atoms with Crippen molar-refractivity contribution in [3.05, 3.63) is 42.5 Å². The Morgan fingerprint density at radius 3 is 2.56 bits per heavy atom. The van der Waals surface area contributed by atoms with Gasteiger partial charge in [-0.15, -0.1) is 6.58 Å². The highest BCUT2D eigenvalue weighted by molar-refractivity contribution is 7.89. The Bertz CT molecular complexity index is 577. The van der Waals surface area contributed by atoms with Gasteiger partial charge >= 0.3 is 6.09 Å². The Morgan fingerprint density at radius 1 is 1.39 bits per heavy atom. The van der Waals surface area contributed by atoms with Crippen LogP contribution in [0.2, 0.25) is 0 Å². The monoisotopic (exact) mass is 267 g/mol. The van der Waals surface area contributed by atoms with Gasteiger partial charge < -0.3 is 4.74 Å². The predicted octanol–water partition coefficient (Wildman–Crippen LogP) is 1.69. The van der Waals surface area contributed by atoms with E-state index in [4.69, 9.17) is 4.74 Å². The van der Waals surface area contributed by atoms with Crippen LogP contribution in [0.4, 0.5) is 4.79 Å². The van der Waals surface area contributed by atoms with Gasteiger partial charge in [-0.25, -0.2) is 13.2 Å². The molecule has 0 aliphatic carbocycles. The number of amides is 1. The van der Waals surface area contributed by atoms with E-state index in [1.165, 1.54) is 18.2 Å². The molecule has 0 radical (unpaired) electrons. The molecule has 0 spiro atoms. The summed E-state index contributed by atoms with van der Waals surface area (Å²) < 4.78 is 30.1. The number of cyclic esters (lactones) is 1. The molecular formula is C12H13NO4S. The smallest absolute Gasteiger partial charge is 0.424 e. The summed E-state index contributed by atoms with van der Waals surface area (Å²) in [7, 11) is -3.88. The lowest BCUT2D eigenvalue weighted by Crippen LogP contribution is -2.37. The average Bonchev–Trinajstić information content (AvgIpc) is 2.71. The quantitative estimate of drug-likeness (QED) is 0.782. The molecule has 0 N–H and O–H groups in total. The number of rotatable bonds is 3. The fraction of sp³-hybridized carbons (Fsp3) is 0.250. The molecule has 1 aromatic rings. The molecule has 1 aromatic carbocycles. The number of hydrogen-bond donors (Lipinski definition) is 0. The van der Waals surface area contributed by atoms with Crippen molar-refractivity contribution >= 4 is 16.1 Å². The van der Waals surface area contributed by atoms with Gasteiger partial charge in [0.05, 0.1) is 4.90 Å². The summed E-state index contributed by atoms with van der Waals surface area (Å²) in [6, 6.07) is 5.64. The predicted molar refractivity (Wildman–Crippen MR) is 65.5 cm³/mol. The molecule has 1 fully saturated rings. The number of nitrogens with zero attached hydrogens (tertiary/aromatic N) is 1. The summed E-state index contributed by atoms with van der Waals surface area (Å²) in [6.07, 6.45) is 0.525. The molecule has 0 saturated carbocycles. The summed E-state index contributed by atoms with van der Waals surface area (Å²) in [6.45, 7) is 5.37.